The Hall–Kier alpha value is -0.260. The van der Waals surface area contributed by atoms with E-state index in [1.54, 1.807) is 0 Å². The molecule has 58 valence electrons. The molecular formula is C10H18. The Bertz CT molecular complexity index is 124. The molecule has 0 heterocycles. The molecule has 0 N–H and O–H groups in total. The molecule has 0 saturated heterocycles. The minimum absolute atomic E-state index is 0.895. The Kier molecular flexibility index (Phi) is 2.53. The van der Waals surface area contributed by atoms with E-state index in [4.69, 9.17) is 0 Å². The fraction of sp³-hybridized carbons (Fsp3) is 0.800. The Morgan fingerprint density at radius 1 is 1.70 bits per heavy atom. The molecule has 1 fully saturated rings. The number of hydrogen-bond acceptors (Lipinski definition) is 0. The van der Waals surface area contributed by atoms with Crippen LogP contribution in [0.25, 0.3) is 0 Å². The summed E-state index contributed by atoms with van der Waals surface area (Å²) in [6.07, 6.45) is 5.44. The van der Waals surface area contributed by atoms with Gasteiger partial charge in [-0.3, -0.25) is 0 Å². The van der Waals surface area contributed by atoms with E-state index < -0.39 is 0 Å². The molecule has 0 spiro atoms. The van der Waals surface area contributed by atoms with Crippen molar-refractivity contribution in [1.29, 1.82) is 0 Å². The van der Waals surface area contributed by atoms with Crippen LogP contribution in [0.3, 0.4) is 0 Å². The lowest BCUT2D eigenvalue weighted by Crippen LogP contribution is -1.96. The van der Waals surface area contributed by atoms with Gasteiger partial charge in [-0.05, 0) is 18.3 Å². The molecule has 2 unspecified atom stereocenters. The number of unbranched alkanes of at least 4 members (excludes halogenated alkanes) is 1. The second kappa shape index (κ2) is 3.23. The normalized spacial score (nSPS) is 26.6. The first-order valence-electron chi connectivity index (χ1n) is 4.43. The molecular weight excluding hydrogens is 120 g/mol. The summed E-state index contributed by atoms with van der Waals surface area (Å²) in [6.45, 7) is 8.60. The Morgan fingerprint density at radius 2 is 2.30 bits per heavy atom. The average molecular weight is 138 g/mol. The zero-order chi connectivity index (χ0) is 7.56. The van der Waals surface area contributed by atoms with Crippen LogP contribution >= 0.6 is 0 Å². The molecule has 0 aromatic rings. The summed E-state index contributed by atoms with van der Waals surface area (Å²) in [6, 6.07) is 0. The van der Waals surface area contributed by atoms with Crippen molar-refractivity contribution in [3.63, 3.8) is 0 Å². The fourth-order valence-electron chi connectivity index (χ4n) is 1.55. The smallest absolute Gasteiger partial charge is 0.0143 e. The van der Waals surface area contributed by atoms with Crippen molar-refractivity contribution in [2.24, 2.45) is 11.8 Å². The highest BCUT2D eigenvalue weighted by molar-refractivity contribution is 5.19. The maximum absolute atomic E-state index is 3.98. The molecule has 2 atom stereocenters. The SMILES string of the molecule is C=C1CC1C(C)CCCC. The minimum Gasteiger partial charge on any atom is -0.0995 e. The highest BCUT2D eigenvalue weighted by Gasteiger charge is 2.31. The van der Waals surface area contributed by atoms with Crippen molar-refractivity contribution in [2.45, 2.75) is 39.5 Å². The highest BCUT2D eigenvalue weighted by Crippen LogP contribution is 2.43. The molecule has 1 aliphatic rings. The molecule has 10 heavy (non-hydrogen) atoms. The van der Waals surface area contributed by atoms with E-state index >= 15 is 0 Å². The van der Waals surface area contributed by atoms with Crippen molar-refractivity contribution in [3.8, 4) is 0 Å². The van der Waals surface area contributed by atoms with Crippen LogP contribution in [0.4, 0.5) is 0 Å². The largest absolute Gasteiger partial charge is 0.0995 e. The molecule has 1 aliphatic carbocycles. The zero-order valence-electron chi connectivity index (χ0n) is 7.19. The number of hydrogen-bond donors (Lipinski definition) is 0. The zero-order valence-corrected chi connectivity index (χ0v) is 7.19. The molecule has 0 aliphatic heterocycles. The maximum Gasteiger partial charge on any atom is -0.0143 e. The first-order chi connectivity index (χ1) is 4.75. The molecule has 0 amide bonds. The van der Waals surface area contributed by atoms with E-state index in [1.807, 2.05) is 0 Å². The van der Waals surface area contributed by atoms with Gasteiger partial charge in [-0.15, -0.1) is 0 Å². The summed E-state index contributed by atoms with van der Waals surface area (Å²) < 4.78 is 0. The van der Waals surface area contributed by atoms with Crippen LogP contribution in [0.5, 0.6) is 0 Å². The topological polar surface area (TPSA) is 0 Å². The number of allylic oxidation sites excluding steroid dienone is 1. The molecule has 0 aromatic carbocycles. The summed E-state index contributed by atoms with van der Waals surface area (Å²) in [7, 11) is 0. The van der Waals surface area contributed by atoms with Crippen LogP contribution in [-0.4, -0.2) is 0 Å². The molecule has 1 rings (SSSR count). The van der Waals surface area contributed by atoms with Crippen LogP contribution in [-0.2, 0) is 0 Å². The van der Waals surface area contributed by atoms with Crippen molar-refractivity contribution >= 4 is 0 Å². The summed E-state index contributed by atoms with van der Waals surface area (Å²) in [5.74, 6) is 1.80. The van der Waals surface area contributed by atoms with Gasteiger partial charge in [0.25, 0.3) is 0 Å². The van der Waals surface area contributed by atoms with Gasteiger partial charge in [-0.1, -0.05) is 45.3 Å². The molecule has 0 heteroatoms. The first kappa shape index (κ1) is 7.84. The third-order valence-corrected chi connectivity index (χ3v) is 2.55. The second-order valence-electron chi connectivity index (χ2n) is 3.59. The van der Waals surface area contributed by atoms with Gasteiger partial charge in [0, 0.05) is 0 Å². The maximum atomic E-state index is 3.98. The van der Waals surface area contributed by atoms with Crippen LogP contribution in [0.1, 0.15) is 39.5 Å². The van der Waals surface area contributed by atoms with Crippen LogP contribution in [0.15, 0.2) is 12.2 Å². The Labute approximate surface area is 64.3 Å². The van der Waals surface area contributed by atoms with E-state index in [1.165, 1.54) is 31.3 Å². The van der Waals surface area contributed by atoms with Gasteiger partial charge < -0.3 is 0 Å². The molecule has 1 saturated carbocycles. The van der Waals surface area contributed by atoms with Gasteiger partial charge in [0.05, 0.1) is 0 Å². The summed E-state index contributed by atoms with van der Waals surface area (Å²) in [5.41, 5.74) is 1.49. The lowest BCUT2D eigenvalue weighted by molar-refractivity contribution is 0.462. The summed E-state index contributed by atoms with van der Waals surface area (Å²) in [5, 5.41) is 0. The molecule has 0 nitrogen and oxygen atoms in total. The van der Waals surface area contributed by atoms with Gasteiger partial charge >= 0.3 is 0 Å². The van der Waals surface area contributed by atoms with E-state index in [0.717, 1.165) is 11.8 Å². The van der Waals surface area contributed by atoms with Gasteiger partial charge in [-0.25, -0.2) is 0 Å². The fourth-order valence-corrected chi connectivity index (χ4v) is 1.55. The average Bonchev–Trinajstić information content (AvgIpc) is 2.62. The van der Waals surface area contributed by atoms with Gasteiger partial charge in [0.2, 0.25) is 0 Å². The Balaban J connectivity index is 2.10. The van der Waals surface area contributed by atoms with Gasteiger partial charge in [0.1, 0.15) is 0 Å². The standard InChI is InChI=1S/C10H18/c1-4-5-6-8(2)10-7-9(10)3/h8,10H,3-7H2,1-2H3. The third-order valence-electron chi connectivity index (χ3n) is 2.55. The highest BCUT2D eigenvalue weighted by atomic mass is 14.4. The van der Waals surface area contributed by atoms with Gasteiger partial charge in [-0.2, -0.15) is 0 Å². The predicted octanol–water partition coefficient (Wildman–Crippen LogP) is 3.39. The monoisotopic (exact) mass is 138 g/mol. The summed E-state index contributed by atoms with van der Waals surface area (Å²) >= 11 is 0. The number of rotatable bonds is 4. The lowest BCUT2D eigenvalue weighted by atomic mass is 9.99. The third kappa shape index (κ3) is 1.86. The molecule has 0 aromatic heterocycles. The quantitative estimate of drug-likeness (QED) is 0.522. The van der Waals surface area contributed by atoms with E-state index in [2.05, 4.69) is 20.4 Å². The molecule has 0 radical (unpaired) electrons. The van der Waals surface area contributed by atoms with Crippen molar-refractivity contribution < 1.29 is 0 Å². The predicted molar refractivity (Wildman–Crippen MR) is 45.9 cm³/mol. The summed E-state index contributed by atoms with van der Waals surface area (Å²) in [4.78, 5) is 0. The van der Waals surface area contributed by atoms with Crippen LogP contribution in [0, 0.1) is 11.8 Å². The lowest BCUT2D eigenvalue weighted by Gasteiger charge is -2.06. The van der Waals surface area contributed by atoms with Crippen molar-refractivity contribution in [2.75, 3.05) is 0 Å². The second-order valence-corrected chi connectivity index (χ2v) is 3.59. The van der Waals surface area contributed by atoms with E-state index in [9.17, 15) is 0 Å². The molecule has 0 bridgehead atoms. The van der Waals surface area contributed by atoms with Crippen molar-refractivity contribution in [1.82, 2.24) is 0 Å². The van der Waals surface area contributed by atoms with Crippen LogP contribution in [0.2, 0.25) is 0 Å². The Morgan fingerprint density at radius 3 is 2.70 bits per heavy atom. The van der Waals surface area contributed by atoms with E-state index in [-0.39, 0.29) is 0 Å². The van der Waals surface area contributed by atoms with Gasteiger partial charge in [0.15, 0.2) is 0 Å². The van der Waals surface area contributed by atoms with Crippen molar-refractivity contribution in [3.05, 3.63) is 12.2 Å². The van der Waals surface area contributed by atoms with Crippen LogP contribution < -0.4 is 0 Å². The van der Waals surface area contributed by atoms with E-state index in [0.29, 0.717) is 0 Å². The first-order valence-corrected chi connectivity index (χ1v) is 4.43. The minimum atomic E-state index is 0.895.